The highest BCUT2D eigenvalue weighted by molar-refractivity contribution is 6.77. The predicted octanol–water partition coefficient (Wildman–Crippen LogP) is 7.08. The molecule has 3 nitrogen and oxygen atoms in total. The zero-order chi connectivity index (χ0) is 25.0. The maximum absolute atomic E-state index is 4.86. The van der Waals surface area contributed by atoms with Crippen LogP contribution in [0, 0.1) is 20.8 Å². The molecular formula is C31H36BN3. The number of imidazole rings is 1. The van der Waals surface area contributed by atoms with E-state index in [0.717, 1.165) is 5.82 Å². The summed E-state index contributed by atoms with van der Waals surface area (Å²) in [6.07, 6.45) is 4.07. The van der Waals surface area contributed by atoms with Gasteiger partial charge in [0.2, 0.25) is 0 Å². The van der Waals surface area contributed by atoms with E-state index < -0.39 is 0 Å². The Bertz CT molecular complexity index is 1370. The van der Waals surface area contributed by atoms with Gasteiger partial charge in [-0.05, 0) is 79.0 Å². The van der Waals surface area contributed by atoms with Crippen molar-refractivity contribution in [2.45, 2.75) is 60.3 Å². The monoisotopic (exact) mass is 461 g/mol. The minimum absolute atomic E-state index is 0.0701. The van der Waals surface area contributed by atoms with Crippen LogP contribution in [0.2, 0.25) is 0 Å². The molecule has 0 amide bonds. The molecule has 1 aromatic heterocycles. The topological polar surface area (TPSA) is 21.1 Å². The van der Waals surface area contributed by atoms with Crippen LogP contribution in [0.3, 0.4) is 0 Å². The molecule has 0 N–H and O–H groups in total. The van der Waals surface area contributed by atoms with Gasteiger partial charge in [-0.25, -0.2) is 4.98 Å². The fourth-order valence-electron chi connectivity index (χ4n) is 5.96. The van der Waals surface area contributed by atoms with E-state index in [9.17, 15) is 0 Å². The number of hydrogen-bond acceptors (Lipinski definition) is 2. The van der Waals surface area contributed by atoms with Crippen LogP contribution in [-0.2, 0) is 0 Å². The van der Waals surface area contributed by atoms with Crippen molar-refractivity contribution < 1.29 is 0 Å². The molecule has 0 radical (unpaired) electrons. The van der Waals surface area contributed by atoms with Gasteiger partial charge >= 0.3 is 6.98 Å². The molecule has 4 aromatic rings. The van der Waals surface area contributed by atoms with Crippen molar-refractivity contribution in [3.05, 3.63) is 88.7 Å². The molecule has 0 spiro atoms. The molecule has 0 fully saturated rings. The first kappa shape index (κ1) is 23.5. The number of aryl methyl sites for hydroxylation is 3. The Labute approximate surface area is 211 Å². The molecule has 4 heteroatoms. The molecule has 0 saturated carbocycles. The summed E-state index contributed by atoms with van der Waals surface area (Å²) in [4.78, 5) is 7.31. The van der Waals surface area contributed by atoms with Crippen molar-refractivity contribution in [1.82, 2.24) is 9.46 Å². The van der Waals surface area contributed by atoms with E-state index >= 15 is 0 Å². The Morgan fingerprint density at radius 2 is 1.37 bits per heavy atom. The van der Waals surface area contributed by atoms with Crippen LogP contribution in [0.15, 0.2) is 60.9 Å². The van der Waals surface area contributed by atoms with Gasteiger partial charge in [-0.15, -0.1) is 0 Å². The number of fused-ring (bicyclic) bond motifs is 3. The summed E-state index contributed by atoms with van der Waals surface area (Å²) in [5.74, 6) is 1.97. The lowest BCUT2D eigenvalue weighted by Gasteiger charge is -2.37. The highest BCUT2D eigenvalue weighted by atomic mass is 15.2. The Balaban J connectivity index is 1.78. The van der Waals surface area contributed by atoms with Gasteiger partial charge in [-0.2, -0.15) is 0 Å². The zero-order valence-electron chi connectivity index (χ0n) is 22.3. The lowest BCUT2D eigenvalue weighted by Crippen LogP contribution is -2.56. The maximum Gasteiger partial charge on any atom is 0.417 e. The SMILES string of the molecule is Cc1cccc(C)c1B1N(C)c2cc(-c3c(C(C)C)cccc3C(C)C)cc(C)c2-c2nccn21. The predicted molar refractivity (Wildman–Crippen MR) is 151 cm³/mol. The number of benzene rings is 3. The largest absolute Gasteiger partial charge is 0.417 e. The Morgan fingerprint density at radius 1 is 0.771 bits per heavy atom. The summed E-state index contributed by atoms with van der Waals surface area (Å²) in [5.41, 5.74) is 13.3. The van der Waals surface area contributed by atoms with E-state index in [2.05, 4.69) is 120 Å². The minimum Gasteiger partial charge on any atom is -0.394 e. The van der Waals surface area contributed by atoms with Gasteiger partial charge < -0.3 is 9.29 Å². The third-order valence-electron chi connectivity index (χ3n) is 7.68. The number of rotatable bonds is 4. The first-order chi connectivity index (χ1) is 16.7. The molecule has 1 aliphatic heterocycles. The number of hydrogen-bond donors (Lipinski definition) is 0. The van der Waals surface area contributed by atoms with Gasteiger partial charge in [0.15, 0.2) is 0 Å². The third-order valence-corrected chi connectivity index (χ3v) is 7.68. The second kappa shape index (κ2) is 8.75. The molecule has 178 valence electrons. The molecule has 35 heavy (non-hydrogen) atoms. The second-order valence-corrected chi connectivity index (χ2v) is 10.8. The number of anilines is 1. The molecule has 1 aliphatic rings. The van der Waals surface area contributed by atoms with Crippen LogP contribution in [0.1, 0.15) is 67.3 Å². The second-order valence-electron chi connectivity index (χ2n) is 10.8. The van der Waals surface area contributed by atoms with E-state index in [1.54, 1.807) is 0 Å². The highest BCUT2D eigenvalue weighted by Gasteiger charge is 2.37. The molecule has 2 heterocycles. The molecule has 5 rings (SSSR count). The maximum atomic E-state index is 4.86. The van der Waals surface area contributed by atoms with Crippen LogP contribution in [0.5, 0.6) is 0 Å². The summed E-state index contributed by atoms with van der Waals surface area (Å²) >= 11 is 0. The average molecular weight is 461 g/mol. The fraction of sp³-hybridized carbons (Fsp3) is 0.323. The van der Waals surface area contributed by atoms with Gasteiger partial charge in [0, 0.05) is 23.6 Å². The number of nitrogens with zero attached hydrogens (tertiary/aromatic N) is 3. The van der Waals surface area contributed by atoms with Gasteiger partial charge in [-0.1, -0.05) is 81.3 Å². The van der Waals surface area contributed by atoms with Crippen molar-refractivity contribution in [3.63, 3.8) is 0 Å². The van der Waals surface area contributed by atoms with Crippen molar-refractivity contribution in [3.8, 4) is 22.5 Å². The lowest BCUT2D eigenvalue weighted by molar-refractivity contribution is 0.838. The minimum atomic E-state index is 0.0701. The van der Waals surface area contributed by atoms with Gasteiger partial charge in [0.05, 0.1) is 0 Å². The van der Waals surface area contributed by atoms with E-state index in [-0.39, 0.29) is 6.98 Å². The van der Waals surface area contributed by atoms with E-state index in [0.29, 0.717) is 11.8 Å². The van der Waals surface area contributed by atoms with Crippen molar-refractivity contribution in [2.24, 2.45) is 0 Å². The zero-order valence-corrected chi connectivity index (χ0v) is 22.3. The number of aromatic nitrogens is 2. The van der Waals surface area contributed by atoms with Crippen LogP contribution in [0.4, 0.5) is 5.69 Å². The van der Waals surface area contributed by atoms with E-state index in [1.807, 2.05) is 6.20 Å². The van der Waals surface area contributed by atoms with E-state index in [1.165, 1.54) is 55.7 Å². The highest BCUT2D eigenvalue weighted by Crippen LogP contribution is 2.43. The smallest absolute Gasteiger partial charge is 0.394 e. The summed E-state index contributed by atoms with van der Waals surface area (Å²) < 4.78 is 2.34. The van der Waals surface area contributed by atoms with Crippen molar-refractivity contribution in [1.29, 1.82) is 0 Å². The van der Waals surface area contributed by atoms with Crippen molar-refractivity contribution in [2.75, 3.05) is 11.9 Å². The molecule has 0 atom stereocenters. The normalized spacial score (nSPS) is 13.0. The van der Waals surface area contributed by atoms with Crippen molar-refractivity contribution >= 4 is 18.1 Å². The Hall–Kier alpha value is -3.27. The first-order valence-electron chi connectivity index (χ1n) is 12.8. The summed E-state index contributed by atoms with van der Waals surface area (Å²) in [6.45, 7) is 15.9. The average Bonchev–Trinajstić information content (AvgIpc) is 3.29. The summed E-state index contributed by atoms with van der Waals surface area (Å²) in [6, 6.07) is 18.2. The van der Waals surface area contributed by atoms with Gasteiger partial charge in [0.1, 0.15) is 5.82 Å². The van der Waals surface area contributed by atoms with Crippen LogP contribution in [-0.4, -0.2) is 23.5 Å². The van der Waals surface area contributed by atoms with Crippen LogP contribution in [0.25, 0.3) is 22.5 Å². The van der Waals surface area contributed by atoms with Gasteiger partial charge in [-0.3, -0.25) is 0 Å². The van der Waals surface area contributed by atoms with Crippen LogP contribution >= 0.6 is 0 Å². The molecule has 0 saturated heterocycles. The molecule has 0 unspecified atom stereocenters. The quantitative estimate of drug-likeness (QED) is 0.303. The van der Waals surface area contributed by atoms with Gasteiger partial charge in [0.25, 0.3) is 0 Å². The third kappa shape index (κ3) is 3.71. The molecule has 0 aliphatic carbocycles. The standard InChI is InChI=1S/C31H36BN3/c1-19(2)25-13-10-14-26(20(3)4)29(25)24-17-23(7)28-27(18-24)34(8)32(35-16-15-33-31(28)35)30-21(5)11-9-12-22(30)6/h9-20H,1-8H3. The molecule has 0 bridgehead atoms. The Morgan fingerprint density at radius 3 is 1.97 bits per heavy atom. The lowest BCUT2D eigenvalue weighted by atomic mass is 9.60. The molecule has 3 aromatic carbocycles. The van der Waals surface area contributed by atoms with Crippen LogP contribution < -0.4 is 10.3 Å². The first-order valence-corrected chi connectivity index (χ1v) is 12.8. The Kier molecular flexibility index (Phi) is 5.87. The summed E-state index contributed by atoms with van der Waals surface area (Å²) in [7, 11) is 2.24. The molecular weight excluding hydrogens is 425 g/mol. The van der Waals surface area contributed by atoms with E-state index in [4.69, 9.17) is 4.98 Å². The summed E-state index contributed by atoms with van der Waals surface area (Å²) in [5, 5.41) is 0. The fourth-order valence-corrected chi connectivity index (χ4v) is 5.96.